The Hall–Kier alpha value is -1.62. The van der Waals surface area contributed by atoms with Gasteiger partial charge >= 0.3 is 0 Å². The van der Waals surface area contributed by atoms with Crippen LogP contribution in [0.1, 0.15) is 0 Å². The fourth-order valence-corrected chi connectivity index (χ4v) is 0.938. The lowest BCUT2D eigenvalue weighted by Crippen LogP contribution is -2.15. The summed E-state index contributed by atoms with van der Waals surface area (Å²) < 4.78 is 17.6. The predicted octanol–water partition coefficient (Wildman–Crippen LogP) is 0.765. The van der Waals surface area contributed by atoms with Gasteiger partial charge < -0.3 is 15.2 Å². The molecule has 0 aliphatic rings. The van der Waals surface area contributed by atoms with Crippen molar-refractivity contribution in [1.29, 1.82) is 0 Å². The SMILES string of the molecule is COc1cc(NC(=O)CO)ccc1F. The van der Waals surface area contributed by atoms with Crippen LogP contribution in [0.3, 0.4) is 0 Å². The van der Waals surface area contributed by atoms with E-state index in [1.54, 1.807) is 0 Å². The molecule has 1 aromatic rings. The molecule has 0 aliphatic heterocycles. The van der Waals surface area contributed by atoms with Gasteiger partial charge in [0, 0.05) is 11.8 Å². The molecule has 0 spiro atoms. The van der Waals surface area contributed by atoms with Crippen molar-refractivity contribution in [2.75, 3.05) is 19.0 Å². The largest absolute Gasteiger partial charge is 0.494 e. The summed E-state index contributed by atoms with van der Waals surface area (Å²) in [4.78, 5) is 10.8. The van der Waals surface area contributed by atoms with E-state index in [1.165, 1.54) is 25.3 Å². The van der Waals surface area contributed by atoms with Crippen LogP contribution in [-0.2, 0) is 4.79 Å². The Kier molecular flexibility index (Phi) is 3.41. The number of carbonyl (C=O) groups excluding carboxylic acids is 1. The van der Waals surface area contributed by atoms with Crippen molar-refractivity contribution >= 4 is 11.6 Å². The fourth-order valence-electron chi connectivity index (χ4n) is 0.938. The summed E-state index contributed by atoms with van der Waals surface area (Å²) in [6, 6.07) is 3.89. The van der Waals surface area contributed by atoms with Gasteiger partial charge in [-0.05, 0) is 12.1 Å². The summed E-state index contributed by atoms with van der Waals surface area (Å²) in [6.07, 6.45) is 0. The first kappa shape index (κ1) is 10.5. The third-order valence-electron chi connectivity index (χ3n) is 1.58. The van der Waals surface area contributed by atoms with E-state index in [1.807, 2.05) is 0 Å². The summed E-state index contributed by atoms with van der Waals surface area (Å²) in [7, 11) is 1.33. The molecule has 14 heavy (non-hydrogen) atoms. The van der Waals surface area contributed by atoms with Crippen LogP contribution >= 0.6 is 0 Å². The van der Waals surface area contributed by atoms with E-state index in [4.69, 9.17) is 9.84 Å². The van der Waals surface area contributed by atoms with Crippen LogP contribution in [0.2, 0.25) is 0 Å². The predicted molar refractivity (Wildman–Crippen MR) is 48.7 cm³/mol. The van der Waals surface area contributed by atoms with Gasteiger partial charge in [0.2, 0.25) is 5.91 Å². The van der Waals surface area contributed by atoms with E-state index in [2.05, 4.69) is 5.32 Å². The first-order valence-corrected chi connectivity index (χ1v) is 3.91. The monoisotopic (exact) mass is 199 g/mol. The highest BCUT2D eigenvalue weighted by Crippen LogP contribution is 2.21. The second-order valence-electron chi connectivity index (χ2n) is 2.56. The van der Waals surface area contributed by atoms with Crippen LogP contribution in [-0.4, -0.2) is 24.7 Å². The number of rotatable bonds is 3. The second-order valence-corrected chi connectivity index (χ2v) is 2.56. The van der Waals surface area contributed by atoms with E-state index in [0.717, 1.165) is 0 Å². The molecule has 0 saturated carbocycles. The number of benzene rings is 1. The third-order valence-corrected chi connectivity index (χ3v) is 1.58. The number of methoxy groups -OCH3 is 1. The van der Waals surface area contributed by atoms with Crippen molar-refractivity contribution in [3.05, 3.63) is 24.0 Å². The van der Waals surface area contributed by atoms with Crippen molar-refractivity contribution in [2.24, 2.45) is 0 Å². The molecule has 76 valence electrons. The maximum atomic E-state index is 12.9. The molecular formula is C9H10FNO3. The number of hydrogen-bond acceptors (Lipinski definition) is 3. The van der Waals surface area contributed by atoms with Gasteiger partial charge in [-0.25, -0.2) is 4.39 Å². The molecule has 1 rings (SSSR count). The van der Waals surface area contributed by atoms with Gasteiger partial charge in [-0.1, -0.05) is 0 Å². The molecular weight excluding hydrogens is 189 g/mol. The Morgan fingerprint density at radius 2 is 2.36 bits per heavy atom. The molecule has 0 bridgehead atoms. The van der Waals surface area contributed by atoms with Gasteiger partial charge in [-0.2, -0.15) is 0 Å². The lowest BCUT2D eigenvalue weighted by molar-refractivity contribution is -0.118. The van der Waals surface area contributed by atoms with Crippen LogP contribution in [0.4, 0.5) is 10.1 Å². The summed E-state index contributed by atoms with van der Waals surface area (Å²) in [5, 5.41) is 10.8. The van der Waals surface area contributed by atoms with Crippen molar-refractivity contribution in [2.45, 2.75) is 0 Å². The summed E-state index contributed by atoms with van der Waals surface area (Å²) in [5.74, 6) is -1.02. The molecule has 0 heterocycles. The topological polar surface area (TPSA) is 58.6 Å². The molecule has 0 aromatic heterocycles. The first-order chi connectivity index (χ1) is 6.67. The van der Waals surface area contributed by atoms with Gasteiger partial charge in [0.15, 0.2) is 11.6 Å². The van der Waals surface area contributed by atoms with Crippen molar-refractivity contribution < 1.29 is 19.0 Å². The van der Waals surface area contributed by atoms with E-state index >= 15 is 0 Å². The smallest absolute Gasteiger partial charge is 0.250 e. The van der Waals surface area contributed by atoms with Crippen LogP contribution in [0.15, 0.2) is 18.2 Å². The number of hydrogen-bond donors (Lipinski definition) is 2. The minimum absolute atomic E-state index is 0.0424. The second kappa shape index (κ2) is 4.57. The van der Waals surface area contributed by atoms with Gasteiger partial charge in [-0.3, -0.25) is 4.79 Å². The zero-order chi connectivity index (χ0) is 10.6. The number of halogens is 1. The van der Waals surface area contributed by atoms with Gasteiger partial charge in [0.25, 0.3) is 0 Å². The maximum absolute atomic E-state index is 12.9. The normalized spacial score (nSPS) is 9.64. The molecule has 0 atom stereocenters. The van der Waals surface area contributed by atoms with Crippen LogP contribution < -0.4 is 10.1 Å². The molecule has 1 amide bonds. The van der Waals surface area contributed by atoms with E-state index in [9.17, 15) is 9.18 Å². The van der Waals surface area contributed by atoms with Gasteiger partial charge in [0.05, 0.1) is 7.11 Å². The van der Waals surface area contributed by atoms with Crippen LogP contribution in [0, 0.1) is 5.82 Å². The number of carbonyl (C=O) groups is 1. The lowest BCUT2D eigenvalue weighted by atomic mass is 10.3. The fraction of sp³-hybridized carbons (Fsp3) is 0.222. The van der Waals surface area contributed by atoms with Crippen LogP contribution in [0.25, 0.3) is 0 Å². The van der Waals surface area contributed by atoms with Gasteiger partial charge in [0.1, 0.15) is 6.61 Å². The molecule has 0 radical (unpaired) electrons. The highest BCUT2D eigenvalue weighted by Gasteiger charge is 2.05. The first-order valence-electron chi connectivity index (χ1n) is 3.91. The quantitative estimate of drug-likeness (QED) is 0.755. The zero-order valence-electron chi connectivity index (χ0n) is 7.58. The summed E-state index contributed by atoms with van der Waals surface area (Å²) in [5.41, 5.74) is 0.377. The van der Waals surface area contributed by atoms with Crippen LogP contribution in [0.5, 0.6) is 5.75 Å². The average molecular weight is 199 g/mol. The van der Waals surface area contributed by atoms with Gasteiger partial charge in [-0.15, -0.1) is 0 Å². The Bertz CT molecular complexity index is 341. The van der Waals surface area contributed by atoms with Crippen molar-refractivity contribution in [1.82, 2.24) is 0 Å². The standard InChI is InChI=1S/C9H10FNO3/c1-14-8-4-6(2-3-7(8)10)11-9(13)5-12/h2-4,12H,5H2,1H3,(H,11,13). The Balaban J connectivity index is 2.84. The maximum Gasteiger partial charge on any atom is 0.250 e. The molecule has 0 aliphatic carbocycles. The summed E-state index contributed by atoms with van der Waals surface area (Å²) >= 11 is 0. The number of ether oxygens (including phenoxy) is 1. The van der Waals surface area contributed by atoms with E-state index in [-0.39, 0.29) is 5.75 Å². The number of aliphatic hydroxyl groups is 1. The minimum atomic E-state index is -0.611. The summed E-state index contributed by atoms with van der Waals surface area (Å²) in [6.45, 7) is -0.611. The van der Waals surface area contributed by atoms with Crippen molar-refractivity contribution in [3.63, 3.8) is 0 Å². The molecule has 2 N–H and O–H groups in total. The number of anilines is 1. The number of amides is 1. The molecule has 0 saturated heterocycles. The molecule has 4 nitrogen and oxygen atoms in total. The Labute approximate surface area is 80.3 Å². The number of nitrogens with one attached hydrogen (secondary N) is 1. The highest BCUT2D eigenvalue weighted by atomic mass is 19.1. The Morgan fingerprint density at radius 1 is 1.64 bits per heavy atom. The lowest BCUT2D eigenvalue weighted by Gasteiger charge is -2.06. The Morgan fingerprint density at radius 3 is 2.93 bits per heavy atom. The molecule has 5 heteroatoms. The minimum Gasteiger partial charge on any atom is -0.494 e. The third kappa shape index (κ3) is 2.43. The van der Waals surface area contributed by atoms with E-state index < -0.39 is 18.3 Å². The van der Waals surface area contributed by atoms with E-state index in [0.29, 0.717) is 5.69 Å². The highest BCUT2D eigenvalue weighted by molar-refractivity contribution is 5.91. The number of aliphatic hydroxyl groups excluding tert-OH is 1. The molecule has 0 unspecified atom stereocenters. The van der Waals surface area contributed by atoms with Crippen molar-refractivity contribution in [3.8, 4) is 5.75 Å². The average Bonchev–Trinajstić information content (AvgIpc) is 2.20. The zero-order valence-corrected chi connectivity index (χ0v) is 7.58. The molecule has 0 fully saturated rings. The molecule has 1 aromatic carbocycles.